The third-order valence-corrected chi connectivity index (χ3v) is 6.62. The van der Waals surface area contributed by atoms with Gasteiger partial charge in [-0.3, -0.25) is 14.4 Å². The molecule has 0 spiro atoms. The van der Waals surface area contributed by atoms with Gasteiger partial charge in [0, 0.05) is 11.6 Å². The molecule has 0 bridgehead atoms. The lowest BCUT2D eigenvalue weighted by Gasteiger charge is -2.35. The number of benzene rings is 2. The lowest BCUT2D eigenvalue weighted by molar-refractivity contribution is -0.123. The van der Waals surface area contributed by atoms with Gasteiger partial charge < -0.3 is 9.64 Å². The molecule has 6 heteroatoms. The van der Waals surface area contributed by atoms with Gasteiger partial charge in [0.2, 0.25) is 5.91 Å². The number of rotatable bonds is 5. The summed E-state index contributed by atoms with van der Waals surface area (Å²) >= 11 is 0. The molecule has 1 unspecified atom stereocenters. The van der Waals surface area contributed by atoms with Crippen LogP contribution in [0.25, 0.3) is 0 Å². The van der Waals surface area contributed by atoms with Crippen LogP contribution in [-0.2, 0) is 9.59 Å². The largest absolute Gasteiger partial charge is 0.497 e. The van der Waals surface area contributed by atoms with E-state index in [4.69, 9.17) is 4.74 Å². The summed E-state index contributed by atoms with van der Waals surface area (Å²) in [6.07, 6.45) is 6.06. The van der Waals surface area contributed by atoms with Crippen LogP contribution in [0.4, 0.5) is 5.69 Å². The van der Waals surface area contributed by atoms with Crippen LogP contribution in [0.1, 0.15) is 60.9 Å². The molecule has 1 saturated carbocycles. The van der Waals surface area contributed by atoms with Crippen molar-refractivity contribution in [2.45, 2.75) is 64.0 Å². The molecule has 6 nitrogen and oxygen atoms in total. The Morgan fingerprint density at radius 2 is 1.62 bits per heavy atom. The molecular formula is C26H30N2O4. The smallest absolute Gasteiger partial charge is 0.257 e. The summed E-state index contributed by atoms with van der Waals surface area (Å²) in [5, 5.41) is 0. The van der Waals surface area contributed by atoms with Crippen LogP contribution in [-0.4, -0.2) is 41.8 Å². The quantitative estimate of drug-likeness (QED) is 0.513. The summed E-state index contributed by atoms with van der Waals surface area (Å²) in [5.41, 5.74) is 1.98. The molecule has 0 radical (unpaired) electrons. The van der Waals surface area contributed by atoms with E-state index >= 15 is 0 Å². The van der Waals surface area contributed by atoms with Gasteiger partial charge in [-0.05, 0) is 55.7 Å². The van der Waals surface area contributed by atoms with Crippen molar-refractivity contribution in [1.82, 2.24) is 4.90 Å². The van der Waals surface area contributed by atoms with E-state index in [0.717, 1.165) is 44.1 Å². The normalized spacial score (nSPS) is 19.7. The van der Waals surface area contributed by atoms with Crippen molar-refractivity contribution < 1.29 is 19.1 Å². The number of imide groups is 1. The molecule has 0 aromatic heterocycles. The second-order valence-corrected chi connectivity index (χ2v) is 8.66. The minimum Gasteiger partial charge on any atom is -0.497 e. The predicted octanol–water partition coefficient (Wildman–Crippen LogP) is 4.50. The van der Waals surface area contributed by atoms with E-state index in [-0.39, 0.29) is 30.2 Å². The molecule has 1 saturated heterocycles. The predicted molar refractivity (Wildman–Crippen MR) is 123 cm³/mol. The molecular weight excluding hydrogens is 404 g/mol. The Balaban J connectivity index is 1.68. The summed E-state index contributed by atoms with van der Waals surface area (Å²) in [5.74, 6) is -0.107. The number of nitrogens with zero attached hydrogens (tertiary/aromatic N) is 2. The zero-order chi connectivity index (χ0) is 22.7. The van der Waals surface area contributed by atoms with Crippen LogP contribution < -0.4 is 9.64 Å². The van der Waals surface area contributed by atoms with Crippen LogP contribution in [0, 0.1) is 6.92 Å². The molecule has 1 aliphatic carbocycles. The van der Waals surface area contributed by atoms with E-state index < -0.39 is 6.04 Å². The maximum Gasteiger partial charge on any atom is 0.257 e. The Kier molecular flexibility index (Phi) is 6.58. The van der Waals surface area contributed by atoms with Gasteiger partial charge in [0.1, 0.15) is 11.8 Å². The molecule has 4 rings (SSSR count). The number of carbonyl (C=O) groups is 3. The van der Waals surface area contributed by atoms with Gasteiger partial charge >= 0.3 is 0 Å². The van der Waals surface area contributed by atoms with Crippen molar-refractivity contribution in [3.8, 4) is 5.75 Å². The Hall–Kier alpha value is -3.15. The average Bonchev–Trinajstić information content (AvgIpc) is 2.97. The molecule has 1 aliphatic heterocycles. The first-order valence-corrected chi connectivity index (χ1v) is 11.4. The fourth-order valence-electron chi connectivity index (χ4n) is 4.89. The maximum absolute atomic E-state index is 13.8. The van der Waals surface area contributed by atoms with Crippen LogP contribution >= 0.6 is 0 Å². The average molecular weight is 435 g/mol. The highest BCUT2D eigenvalue weighted by Gasteiger charge is 2.46. The first-order valence-electron chi connectivity index (χ1n) is 11.4. The van der Waals surface area contributed by atoms with E-state index in [1.165, 1.54) is 4.90 Å². The second-order valence-electron chi connectivity index (χ2n) is 8.66. The lowest BCUT2D eigenvalue weighted by Crippen LogP contribution is -2.51. The molecule has 0 N–H and O–H groups in total. The number of carbonyl (C=O) groups excluding carboxylic acids is 3. The molecule has 1 heterocycles. The van der Waals surface area contributed by atoms with Crippen LogP contribution in [0.3, 0.4) is 0 Å². The topological polar surface area (TPSA) is 66.9 Å². The van der Waals surface area contributed by atoms with E-state index in [1.807, 2.05) is 31.2 Å². The molecule has 3 amide bonds. The standard InChI is InChI=1S/C26H30N2O4/c1-18-9-7-8-12-22(18)25(30)27(19-10-5-3-4-6-11-19)23-17-24(29)28(26(23)31)20-13-15-21(32-2)16-14-20/h7-9,12-16,19,23H,3-6,10-11,17H2,1-2H3. The second kappa shape index (κ2) is 9.55. The highest BCUT2D eigenvalue weighted by Crippen LogP contribution is 2.32. The molecule has 2 aromatic rings. The number of aryl methyl sites for hydroxylation is 1. The highest BCUT2D eigenvalue weighted by molar-refractivity contribution is 6.23. The molecule has 32 heavy (non-hydrogen) atoms. The minimum atomic E-state index is -0.778. The third kappa shape index (κ3) is 4.27. The first kappa shape index (κ1) is 22.1. The van der Waals surface area contributed by atoms with Gasteiger partial charge in [-0.2, -0.15) is 0 Å². The zero-order valence-corrected chi connectivity index (χ0v) is 18.8. The third-order valence-electron chi connectivity index (χ3n) is 6.62. The van der Waals surface area contributed by atoms with Gasteiger partial charge in [0.05, 0.1) is 19.2 Å². The molecule has 1 atom stereocenters. The number of hydrogen-bond acceptors (Lipinski definition) is 4. The summed E-state index contributed by atoms with van der Waals surface area (Å²) in [7, 11) is 1.57. The van der Waals surface area contributed by atoms with E-state index in [2.05, 4.69) is 0 Å². The monoisotopic (exact) mass is 434 g/mol. The molecule has 2 aliphatic rings. The van der Waals surface area contributed by atoms with Crippen LogP contribution in [0.15, 0.2) is 48.5 Å². The van der Waals surface area contributed by atoms with Crippen LogP contribution in [0.2, 0.25) is 0 Å². The van der Waals surface area contributed by atoms with Gasteiger partial charge in [-0.25, -0.2) is 4.90 Å². The Labute approximate surface area is 189 Å². The summed E-state index contributed by atoms with van der Waals surface area (Å²) in [6, 6.07) is 13.5. The van der Waals surface area contributed by atoms with Crippen molar-refractivity contribution >= 4 is 23.4 Å². The summed E-state index contributed by atoms with van der Waals surface area (Å²) in [4.78, 5) is 43.2. The number of amides is 3. The van der Waals surface area contributed by atoms with Crippen molar-refractivity contribution in [3.05, 3.63) is 59.7 Å². The number of methoxy groups -OCH3 is 1. The van der Waals surface area contributed by atoms with Gasteiger partial charge in [-0.15, -0.1) is 0 Å². The van der Waals surface area contributed by atoms with Crippen molar-refractivity contribution in [1.29, 1.82) is 0 Å². The van der Waals surface area contributed by atoms with Gasteiger partial charge in [0.15, 0.2) is 0 Å². The lowest BCUT2D eigenvalue weighted by atomic mass is 10.00. The Bertz CT molecular complexity index is 993. The maximum atomic E-state index is 13.8. The van der Waals surface area contributed by atoms with Gasteiger partial charge in [-0.1, -0.05) is 43.9 Å². The summed E-state index contributed by atoms with van der Waals surface area (Å²) in [6.45, 7) is 1.91. The number of hydrogen-bond donors (Lipinski definition) is 0. The minimum absolute atomic E-state index is 0.0129. The Morgan fingerprint density at radius 1 is 0.969 bits per heavy atom. The number of ether oxygens (including phenoxy) is 1. The van der Waals surface area contributed by atoms with Crippen LogP contribution in [0.5, 0.6) is 5.75 Å². The number of anilines is 1. The molecule has 2 aromatic carbocycles. The molecule has 2 fully saturated rings. The van der Waals surface area contributed by atoms with E-state index in [9.17, 15) is 14.4 Å². The van der Waals surface area contributed by atoms with E-state index in [0.29, 0.717) is 17.0 Å². The fraction of sp³-hybridized carbons (Fsp3) is 0.423. The van der Waals surface area contributed by atoms with E-state index in [1.54, 1.807) is 36.3 Å². The highest BCUT2D eigenvalue weighted by atomic mass is 16.5. The van der Waals surface area contributed by atoms with Crippen molar-refractivity contribution in [2.75, 3.05) is 12.0 Å². The van der Waals surface area contributed by atoms with Crippen molar-refractivity contribution in [3.63, 3.8) is 0 Å². The fourth-order valence-corrected chi connectivity index (χ4v) is 4.89. The van der Waals surface area contributed by atoms with Crippen molar-refractivity contribution in [2.24, 2.45) is 0 Å². The SMILES string of the molecule is COc1ccc(N2C(=O)CC(N(C(=O)c3ccccc3C)C3CCCCCC3)C2=O)cc1. The van der Waals surface area contributed by atoms with Gasteiger partial charge in [0.25, 0.3) is 11.8 Å². The first-order chi connectivity index (χ1) is 15.5. The molecule has 168 valence electrons. The Morgan fingerprint density at radius 3 is 2.25 bits per heavy atom. The summed E-state index contributed by atoms with van der Waals surface area (Å²) < 4.78 is 5.19. The zero-order valence-electron chi connectivity index (χ0n) is 18.8.